The first-order chi connectivity index (χ1) is 19.5. The molecule has 0 atom stereocenters. The number of aromatic hydroxyl groups is 2. The molecule has 1 amide bonds. The number of amides is 1. The van der Waals surface area contributed by atoms with Gasteiger partial charge in [-0.1, -0.05) is 66.7 Å². The number of carbonyl (C=O) groups is 1. The summed E-state index contributed by atoms with van der Waals surface area (Å²) in [5.41, 5.74) is 5.20. The summed E-state index contributed by atoms with van der Waals surface area (Å²) in [5, 5.41) is 29.3. The lowest BCUT2D eigenvalue weighted by molar-refractivity contribution is 0.0749. The van der Waals surface area contributed by atoms with Gasteiger partial charge in [0.05, 0.1) is 25.0 Å². The van der Waals surface area contributed by atoms with Crippen LogP contribution in [-0.2, 0) is 19.6 Å². The maximum absolute atomic E-state index is 13.7. The highest BCUT2D eigenvalue weighted by Crippen LogP contribution is 2.37. The van der Waals surface area contributed by atoms with Gasteiger partial charge >= 0.3 is 0 Å². The predicted octanol–water partition coefficient (Wildman–Crippen LogP) is 5.92. The number of nitrogens with one attached hydrogen (secondary N) is 1. The zero-order valence-electron chi connectivity index (χ0n) is 21.9. The molecule has 0 aliphatic carbocycles. The van der Waals surface area contributed by atoms with Gasteiger partial charge in [-0.2, -0.15) is 5.10 Å². The van der Waals surface area contributed by atoms with E-state index in [-0.39, 0.29) is 28.7 Å². The van der Waals surface area contributed by atoms with Crippen LogP contribution in [0.25, 0.3) is 11.3 Å². The lowest BCUT2D eigenvalue weighted by atomic mass is 10.1. The molecule has 0 unspecified atom stereocenters. The van der Waals surface area contributed by atoms with Gasteiger partial charge in [-0.15, -0.1) is 0 Å². The van der Waals surface area contributed by atoms with Gasteiger partial charge in [-0.25, -0.2) is 4.68 Å². The van der Waals surface area contributed by atoms with Crippen LogP contribution in [-0.4, -0.2) is 37.9 Å². The molecule has 4 aromatic carbocycles. The maximum Gasteiger partial charge on any atom is 0.260 e. The molecule has 200 valence electrons. The van der Waals surface area contributed by atoms with E-state index in [1.165, 1.54) is 12.1 Å². The van der Waals surface area contributed by atoms with Crippen molar-refractivity contribution in [1.82, 2.24) is 14.7 Å². The Balaban J connectivity index is 1.37. The number of aromatic nitrogens is 2. The van der Waals surface area contributed by atoms with Gasteiger partial charge in [0.15, 0.2) is 0 Å². The van der Waals surface area contributed by atoms with Crippen molar-refractivity contribution >= 4 is 17.4 Å². The second-order valence-electron chi connectivity index (χ2n) is 9.73. The number of carbonyl (C=O) groups excluding carboxylic acids is 1. The molecule has 0 spiro atoms. The molecule has 0 bridgehead atoms. The molecule has 0 radical (unpaired) electrons. The van der Waals surface area contributed by atoms with Crippen molar-refractivity contribution < 1.29 is 19.7 Å². The van der Waals surface area contributed by atoms with Crippen molar-refractivity contribution in [3.63, 3.8) is 0 Å². The van der Waals surface area contributed by atoms with Crippen molar-refractivity contribution in [2.45, 2.75) is 19.6 Å². The van der Waals surface area contributed by atoms with Crippen molar-refractivity contribution in [2.75, 3.05) is 12.4 Å². The van der Waals surface area contributed by atoms with Crippen LogP contribution in [0, 0.1) is 0 Å². The minimum Gasteiger partial charge on any atom is -0.508 e. The molecular weight excluding hydrogens is 504 g/mol. The van der Waals surface area contributed by atoms with Crippen molar-refractivity contribution in [3.8, 4) is 28.5 Å². The van der Waals surface area contributed by atoms with Gasteiger partial charge < -0.3 is 25.2 Å². The van der Waals surface area contributed by atoms with E-state index in [9.17, 15) is 15.0 Å². The van der Waals surface area contributed by atoms with E-state index in [4.69, 9.17) is 9.84 Å². The monoisotopic (exact) mass is 532 g/mol. The highest BCUT2D eigenvalue weighted by Gasteiger charge is 2.29. The van der Waals surface area contributed by atoms with Crippen molar-refractivity contribution in [1.29, 1.82) is 0 Å². The zero-order chi connectivity index (χ0) is 27.6. The van der Waals surface area contributed by atoms with Gasteiger partial charge in [0.25, 0.3) is 5.91 Å². The van der Waals surface area contributed by atoms with Gasteiger partial charge in [0, 0.05) is 36.9 Å². The standard InChI is InChI=1S/C32H28N4O4/c1-40-26-13-11-21(12-14-26)18-36-30(17-27(34-36)22-7-3-2-4-8-22)33-28-15-25(37)16-29(38)31(28)32(39)35-19-23-9-5-6-10-24(23)20-35/h2-17,33,37-38H,18-20H2,1H3. The van der Waals surface area contributed by atoms with E-state index in [1.54, 1.807) is 16.7 Å². The number of benzene rings is 4. The number of hydrogen-bond acceptors (Lipinski definition) is 6. The number of methoxy groups -OCH3 is 1. The molecule has 1 aliphatic heterocycles. The van der Waals surface area contributed by atoms with Gasteiger partial charge in [-0.3, -0.25) is 4.79 Å². The lowest BCUT2D eigenvalue weighted by Gasteiger charge is -2.20. The Bertz CT molecular complexity index is 1650. The third-order valence-electron chi connectivity index (χ3n) is 7.05. The number of fused-ring (bicyclic) bond motifs is 1. The number of anilines is 2. The lowest BCUT2D eigenvalue weighted by Crippen LogP contribution is -2.26. The summed E-state index contributed by atoms with van der Waals surface area (Å²) in [5.74, 6) is 0.563. The number of ether oxygens (including phenoxy) is 1. The van der Waals surface area contributed by atoms with Crippen LogP contribution < -0.4 is 10.1 Å². The summed E-state index contributed by atoms with van der Waals surface area (Å²) in [6.07, 6.45) is 0. The molecular formula is C32H28N4O4. The third kappa shape index (κ3) is 4.94. The number of phenolic OH excluding ortho intramolecular Hbond substituents is 2. The summed E-state index contributed by atoms with van der Waals surface area (Å²) in [7, 11) is 1.63. The summed E-state index contributed by atoms with van der Waals surface area (Å²) in [6, 6.07) is 29.9. The first-order valence-electron chi connectivity index (χ1n) is 12.9. The summed E-state index contributed by atoms with van der Waals surface area (Å²) in [4.78, 5) is 15.4. The Labute approximate surface area is 231 Å². The van der Waals surface area contributed by atoms with Crippen molar-refractivity contribution in [3.05, 3.63) is 119 Å². The smallest absolute Gasteiger partial charge is 0.260 e. The fourth-order valence-corrected chi connectivity index (χ4v) is 5.00. The minimum absolute atomic E-state index is 0.0871. The summed E-state index contributed by atoms with van der Waals surface area (Å²) < 4.78 is 7.08. The van der Waals surface area contributed by atoms with Crippen LogP contribution in [0.2, 0.25) is 0 Å². The zero-order valence-corrected chi connectivity index (χ0v) is 21.9. The molecule has 0 fully saturated rings. The quantitative estimate of drug-likeness (QED) is 0.241. The van der Waals surface area contributed by atoms with E-state index in [0.29, 0.717) is 25.5 Å². The Morgan fingerprint density at radius 3 is 2.25 bits per heavy atom. The second kappa shape index (κ2) is 10.5. The van der Waals surface area contributed by atoms with Gasteiger partial charge in [0.1, 0.15) is 28.6 Å². The summed E-state index contributed by atoms with van der Waals surface area (Å²) in [6.45, 7) is 1.33. The largest absolute Gasteiger partial charge is 0.508 e. The first-order valence-corrected chi connectivity index (χ1v) is 12.9. The number of phenols is 2. The molecule has 40 heavy (non-hydrogen) atoms. The molecule has 2 heterocycles. The molecule has 1 aromatic heterocycles. The SMILES string of the molecule is COc1ccc(Cn2nc(-c3ccccc3)cc2Nc2cc(O)cc(O)c2C(=O)N2Cc3ccccc3C2)cc1. The fourth-order valence-electron chi connectivity index (χ4n) is 5.00. The molecule has 3 N–H and O–H groups in total. The van der Waals surface area contributed by atoms with E-state index in [2.05, 4.69) is 5.32 Å². The van der Waals surface area contributed by atoms with Crippen LogP contribution in [0.3, 0.4) is 0 Å². The maximum atomic E-state index is 13.7. The van der Waals surface area contributed by atoms with Crippen LogP contribution in [0.15, 0.2) is 97.1 Å². The molecule has 5 aromatic rings. The molecule has 8 nitrogen and oxygen atoms in total. The Morgan fingerprint density at radius 1 is 0.900 bits per heavy atom. The Kier molecular flexibility index (Phi) is 6.57. The summed E-state index contributed by atoms with van der Waals surface area (Å²) >= 11 is 0. The van der Waals surface area contributed by atoms with Gasteiger partial charge in [0.2, 0.25) is 0 Å². The van der Waals surface area contributed by atoms with E-state index >= 15 is 0 Å². The Hall–Kier alpha value is -5.24. The average Bonchev–Trinajstić information content (AvgIpc) is 3.58. The van der Waals surface area contributed by atoms with Crippen molar-refractivity contribution in [2.24, 2.45) is 0 Å². The number of nitrogens with zero attached hydrogens (tertiary/aromatic N) is 3. The minimum atomic E-state index is -0.333. The highest BCUT2D eigenvalue weighted by atomic mass is 16.5. The van der Waals surface area contributed by atoms with Crippen LogP contribution in [0.5, 0.6) is 17.2 Å². The van der Waals surface area contributed by atoms with E-state index in [0.717, 1.165) is 33.7 Å². The molecule has 6 rings (SSSR count). The molecule has 0 saturated heterocycles. The Morgan fingerprint density at radius 2 is 1.57 bits per heavy atom. The predicted molar refractivity (Wildman–Crippen MR) is 153 cm³/mol. The van der Waals surface area contributed by atoms with Crippen LogP contribution in [0.4, 0.5) is 11.5 Å². The van der Waals surface area contributed by atoms with Crippen LogP contribution >= 0.6 is 0 Å². The van der Waals surface area contributed by atoms with Gasteiger partial charge in [-0.05, 0) is 28.8 Å². The highest BCUT2D eigenvalue weighted by molar-refractivity contribution is 6.03. The molecule has 1 aliphatic rings. The molecule has 8 heteroatoms. The average molecular weight is 533 g/mol. The van der Waals surface area contributed by atoms with E-state index in [1.807, 2.05) is 84.9 Å². The topological polar surface area (TPSA) is 99.9 Å². The normalized spacial score (nSPS) is 12.3. The fraction of sp³-hybridized carbons (Fsp3) is 0.125. The third-order valence-corrected chi connectivity index (χ3v) is 7.05. The molecule has 0 saturated carbocycles. The number of rotatable bonds is 7. The second-order valence-corrected chi connectivity index (χ2v) is 9.73. The van der Waals surface area contributed by atoms with Crippen LogP contribution in [0.1, 0.15) is 27.0 Å². The van der Waals surface area contributed by atoms with E-state index < -0.39 is 0 Å². The first kappa shape index (κ1) is 25.1. The number of hydrogen-bond donors (Lipinski definition) is 3.